The molecule has 0 aliphatic carbocycles. The molecule has 36 heavy (non-hydrogen) atoms. The van der Waals surface area contributed by atoms with E-state index >= 15 is 0 Å². The van der Waals surface area contributed by atoms with Crippen molar-refractivity contribution in [2.24, 2.45) is 5.10 Å². The number of hydrogen-bond acceptors (Lipinski definition) is 5. The standard InChI is InChI=1S/C28H25ClN6O/c1-28(2,3)18-10-8-17(9-11-18)16-31-35-25(30)23(27(36)32-20-14-12-19(29)13-15-20)24-26(35)34-22-7-5-4-6-21(22)33-24/h4-16H,30H2,1-3H3,(H,32,36)/b31-16-. The number of hydrogen-bond donors (Lipinski definition) is 2. The maximum absolute atomic E-state index is 13.3. The first-order valence-electron chi connectivity index (χ1n) is 11.5. The van der Waals surface area contributed by atoms with Crippen LogP contribution >= 0.6 is 11.6 Å². The summed E-state index contributed by atoms with van der Waals surface area (Å²) >= 11 is 5.97. The van der Waals surface area contributed by atoms with E-state index in [9.17, 15) is 4.79 Å². The number of para-hydroxylation sites is 2. The predicted octanol–water partition coefficient (Wildman–Crippen LogP) is 6.25. The molecule has 2 aromatic heterocycles. The highest BCUT2D eigenvalue weighted by Crippen LogP contribution is 2.29. The number of amides is 1. The summed E-state index contributed by atoms with van der Waals surface area (Å²) in [5.74, 6) is -0.262. The molecule has 0 unspecified atom stereocenters. The maximum atomic E-state index is 13.3. The average molecular weight is 497 g/mol. The molecule has 5 aromatic rings. The van der Waals surface area contributed by atoms with Gasteiger partial charge in [-0.05, 0) is 52.9 Å². The Bertz CT molecular complexity index is 1610. The van der Waals surface area contributed by atoms with Crippen LogP contribution in [0.5, 0.6) is 0 Å². The zero-order chi connectivity index (χ0) is 25.4. The molecule has 0 aliphatic heterocycles. The first-order chi connectivity index (χ1) is 17.2. The van der Waals surface area contributed by atoms with E-state index in [1.165, 1.54) is 10.2 Å². The SMILES string of the molecule is CC(C)(C)c1ccc(/C=N\n2c(N)c(C(=O)Nc3ccc(Cl)cc3)c3nc4ccccc4nc32)cc1. The number of anilines is 2. The Labute approximate surface area is 213 Å². The van der Waals surface area contributed by atoms with Gasteiger partial charge in [0.15, 0.2) is 5.65 Å². The monoisotopic (exact) mass is 496 g/mol. The number of fused-ring (bicyclic) bond motifs is 2. The Morgan fingerprint density at radius 2 is 1.61 bits per heavy atom. The zero-order valence-electron chi connectivity index (χ0n) is 20.2. The van der Waals surface area contributed by atoms with Crippen molar-refractivity contribution in [3.63, 3.8) is 0 Å². The highest BCUT2D eigenvalue weighted by molar-refractivity contribution is 6.30. The molecule has 180 valence electrons. The number of carbonyl (C=O) groups is 1. The van der Waals surface area contributed by atoms with E-state index in [4.69, 9.17) is 27.3 Å². The van der Waals surface area contributed by atoms with Crippen LogP contribution in [0.2, 0.25) is 5.02 Å². The van der Waals surface area contributed by atoms with Gasteiger partial charge in [-0.2, -0.15) is 9.78 Å². The molecule has 3 N–H and O–H groups in total. The van der Waals surface area contributed by atoms with Crippen molar-refractivity contribution in [2.45, 2.75) is 26.2 Å². The van der Waals surface area contributed by atoms with E-state index < -0.39 is 5.91 Å². The number of aromatic nitrogens is 3. The molecule has 0 aliphatic rings. The second-order valence-electron chi connectivity index (χ2n) is 9.53. The largest absolute Gasteiger partial charge is 0.383 e. The minimum Gasteiger partial charge on any atom is -0.383 e. The molecule has 2 heterocycles. The third-order valence-electron chi connectivity index (χ3n) is 5.90. The second-order valence-corrected chi connectivity index (χ2v) is 9.97. The van der Waals surface area contributed by atoms with Crippen LogP contribution in [0, 0.1) is 0 Å². The van der Waals surface area contributed by atoms with Gasteiger partial charge >= 0.3 is 0 Å². The van der Waals surface area contributed by atoms with Gasteiger partial charge in [0.05, 0.1) is 17.2 Å². The quantitative estimate of drug-likeness (QED) is 0.287. The first kappa shape index (κ1) is 23.5. The number of nitrogen functional groups attached to an aromatic ring is 1. The molecule has 1 amide bonds. The molecule has 7 nitrogen and oxygen atoms in total. The Balaban J connectivity index is 1.60. The Hall–Kier alpha value is -4.23. The van der Waals surface area contributed by atoms with Crippen LogP contribution in [0.15, 0.2) is 77.9 Å². The average Bonchev–Trinajstić information content (AvgIpc) is 3.12. The van der Waals surface area contributed by atoms with Crippen LogP contribution in [0.1, 0.15) is 42.3 Å². The summed E-state index contributed by atoms with van der Waals surface area (Å²) in [6.07, 6.45) is 1.69. The van der Waals surface area contributed by atoms with E-state index in [2.05, 4.69) is 43.3 Å². The second kappa shape index (κ2) is 9.09. The summed E-state index contributed by atoms with van der Waals surface area (Å²) in [6, 6.07) is 22.5. The first-order valence-corrected chi connectivity index (χ1v) is 11.9. The number of rotatable bonds is 4. The van der Waals surface area contributed by atoms with Crippen molar-refractivity contribution in [2.75, 3.05) is 11.1 Å². The van der Waals surface area contributed by atoms with Crippen LogP contribution in [0.4, 0.5) is 11.5 Å². The van der Waals surface area contributed by atoms with E-state index in [1.807, 2.05) is 36.4 Å². The number of nitrogens with zero attached hydrogens (tertiary/aromatic N) is 4. The molecule has 0 bridgehead atoms. The predicted molar refractivity (Wildman–Crippen MR) is 147 cm³/mol. The van der Waals surface area contributed by atoms with Gasteiger partial charge in [-0.25, -0.2) is 9.97 Å². The molecule has 5 rings (SSSR count). The molecular weight excluding hydrogens is 472 g/mol. The molecule has 0 spiro atoms. The summed E-state index contributed by atoms with van der Waals surface area (Å²) < 4.78 is 1.46. The van der Waals surface area contributed by atoms with Crippen LogP contribution in [-0.4, -0.2) is 26.8 Å². The van der Waals surface area contributed by atoms with Crippen molar-refractivity contribution >= 4 is 57.4 Å². The number of carbonyl (C=O) groups excluding carboxylic acids is 1. The number of nitrogens with two attached hydrogens (primary N) is 1. The van der Waals surface area contributed by atoms with Gasteiger partial charge in [0.25, 0.3) is 5.91 Å². The Kier molecular flexibility index (Phi) is 5.94. The van der Waals surface area contributed by atoms with Crippen molar-refractivity contribution in [3.05, 3.63) is 94.5 Å². The van der Waals surface area contributed by atoms with Gasteiger partial charge in [-0.1, -0.05) is 68.8 Å². The summed E-state index contributed by atoms with van der Waals surface area (Å²) in [5.41, 5.74) is 11.6. The van der Waals surface area contributed by atoms with Gasteiger partial charge < -0.3 is 11.1 Å². The molecular formula is C28H25ClN6O. The lowest BCUT2D eigenvalue weighted by Crippen LogP contribution is -2.14. The van der Waals surface area contributed by atoms with Crippen LogP contribution in [0.25, 0.3) is 22.2 Å². The van der Waals surface area contributed by atoms with E-state index in [0.29, 0.717) is 32.9 Å². The third kappa shape index (κ3) is 4.53. The van der Waals surface area contributed by atoms with Gasteiger partial charge in [0.2, 0.25) is 0 Å². The topological polar surface area (TPSA) is 98.2 Å². The normalized spacial score (nSPS) is 12.0. The van der Waals surface area contributed by atoms with Crippen LogP contribution in [0.3, 0.4) is 0 Å². The Morgan fingerprint density at radius 1 is 0.972 bits per heavy atom. The van der Waals surface area contributed by atoms with Gasteiger partial charge in [-0.15, -0.1) is 0 Å². The molecule has 3 aromatic carbocycles. The molecule has 8 heteroatoms. The highest BCUT2D eigenvalue weighted by atomic mass is 35.5. The van der Waals surface area contributed by atoms with Crippen molar-refractivity contribution in [1.82, 2.24) is 14.6 Å². The molecule has 0 saturated carbocycles. The maximum Gasteiger partial charge on any atom is 0.261 e. The Morgan fingerprint density at radius 3 is 2.25 bits per heavy atom. The van der Waals surface area contributed by atoms with Crippen LogP contribution < -0.4 is 11.1 Å². The zero-order valence-corrected chi connectivity index (χ0v) is 20.9. The van der Waals surface area contributed by atoms with Crippen molar-refractivity contribution in [3.8, 4) is 0 Å². The fourth-order valence-corrected chi connectivity index (χ4v) is 4.03. The van der Waals surface area contributed by atoms with Gasteiger partial charge in [-0.3, -0.25) is 4.79 Å². The summed E-state index contributed by atoms with van der Waals surface area (Å²) in [7, 11) is 0. The summed E-state index contributed by atoms with van der Waals surface area (Å²) in [4.78, 5) is 22.8. The van der Waals surface area contributed by atoms with Gasteiger partial charge in [0.1, 0.15) is 16.9 Å². The lowest BCUT2D eigenvalue weighted by Gasteiger charge is -2.18. The lowest BCUT2D eigenvalue weighted by molar-refractivity contribution is 0.102. The fraction of sp³-hybridized carbons (Fsp3) is 0.143. The molecule has 0 saturated heterocycles. The smallest absolute Gasteiger partial charge is 0.261 e. The molecule has 0 fully saturated rings. The minimum atomic E-state index is -0.409. The molecule has 0 radical (unpaired) electrons. The van der Waals surface area contributed by atoms with E-state index in [1.54, 1.807) is 30.5 Å². The number of nitrogens with one attached hydrogen (secondary N) is 1. The summed E-state index contributed by atoms with van der Waals surface area (Å²) in [6.45, 7) is 6.51. The van der Waals surface area contributed by atoms with Gasteiger partial charge in [0, 0.05) is 10.7 Å². The summed E-state index contributed by atoms with van der Waals surface area (Å²) in [5, 5.41) is 8.03. The fourth-order valence-electron chi connectivity index (χ4n) is 3.91. The van der Waals surface area contributed by atoms with Crippen molar-refractivity contribution < 1.29 is 4.79 Å². The highest BCUT2D eigenvalue weighted by Gasteiger charge is 2.24. The third-order valence-corrected chi connectivity index (χ3v) is 6.15. The van der Waals surface area contributed by atoms with E-state index in [0.717, 1.165) is 5.56 Å². The van der Waals surface area contributed by atoms with E-state index in [-0.39, 0.29) is 16.8 Å². The lowest BCUT2D eigenvalue weighted by atomic mass is 9.87. The minimum absolute atomic E-state index is 0.0553. The van der Waals surface area contributed by atoms with Crippen LogP contribution in [-0.2, 0) is 5.41 Å². The number of benzene rings is 3. The molecule has 0 atom stereocenters. The van der Waals surface area contributed by atoms with Crippen molar-refractivity contribution in [1.29, 1.82) is 0 Å². The number of halogens is 1.